The average molecular weight is 370 g/mol. The number of hydrogen-bond acceptors (Lipinski definition) is 3. The third-order valence-electron chi connectivity index (χ3n) is 3.18. The van der Waals surface area contributed by atoms with Crippen LogP contribution in [0, 0.1) is 5.82 Å². The Morgan fingerprint density at radius 3 is 2.67 bits per heavy atom. The molecule has 2 nitrogen and oxygen atoms in total. The third-order valence-corrected chi connectivity index (χ3v) is 4.74. The zero-order chi connectivity index (χ0) is 15.2. The highest BCUT2D eigenvalue weighted by Crippen LogP contribution is 2.21. The number of Topliss-reactive ketones (excluding diaryl/α,β-unsaturated/α-hetero) is 1. The summed E-state index contributed by atoms with van der Waals surface area (Å²) < 4.78 is 13.9. The summed E-state index contributed by atoms with van der Waals surface area (Å²) in [6.07, 6.45) is 1.29. The molecule has 0 radical (unpaired) electrons. The Bertz CT molecular complexity index is 597. The van der Waals surface area contributed by atoms with Gasteiger partial charge in [-0.25, -0.2) is 4.39 Å². The molecule has 112 valence electrons. The van der Waals surface area contributed by atoms with E-state index in [9.17, 15) is 9.18 Å². The topological polar surface area (TPSA) is 20.3 Å². The molecule has 2 rings (SSSR count). The number of rotatable bonds is 7. The van der Waals surface area contributed by atoms with E-state index in [0.717, 1.165) is 23.3 Å². The fraction of sp³-hybridized carbons (Fsp3) is 0.312. The lowest BCUT2D eigenvalue weighted by Gasteiger charge is -2.15. The standard InChI is InChI=1S/C16H17BrFNOS/c1-19(10-12-9-16(17)21-11-12)8-2-3-15(20)13-4-6-14(18)7-5-13/h4-7,9,11H,2-3,8,10H2,1H3. The highest BCUT2D eigenvalue weighted by Gasteiger charge is 2.07. The van der Waals surface area contributed by atoms with Crippen molar-refractivity contribution in [1.82, 2.24) is 4.90 Å². The molecule has 0 saturated carbocycles. The second-order valence-corrected chi connectivity index (χ2v) is 7.32. The van der Waals surface area contributed by atoms with Crippen LogP contribution in [0.4, 0.5) is 4.39 Å². The average Bonchev–Trinajstić information content (AvgIpc) is 2.84. The first-order chi connectivity index (χ1) is 10.0. The first kappa shape index (κ1) is 16.3. The Kier molecular flexibility index (Phi) is 6.08. The lowest BCUT2D eigenvalue weighted by molar-refractivity contribution is 0.0976. The Balaban J connectivity index is 1.73. The summed E-state index contributed by atoms with van der Waals surface area (Å²) >= 11 is 5.13. The molecule has 0 bridgehead atoms. The van der Waals surface area contributed by atoms with E-state index in [1.807, 2.05) is 7.05 Å². The van der Waals surface area contributed by atoms with Gasteiger partial charge in [0, 0.05) is 18.5 Å². The van der Waals surface area contributed by atoms with E-state index in [4.69, 9.17) is 0 Å². The van der Waals surface area contributed by atoms with E-state index < -0.39 is 0 Å². The quantitative estimate of drug-likeness (QED) is 0.656. The molecular formula is C16H17BrFNOS. The van der Waals surface area contributed by atoms with Crippen LogP contribution in [0.25, 0.3) is 0 Å². The SMILES string of the molecule is CN(CCCC(=O)c1ccc(F)cc1)Cc1csc(Br)c1. The largest absolute Gasteiger partial charge is 0.302 e. The molecule has 0 saturated heterocycles. The van der Waals surface area contributed by atoms with Gasteiger partial charge in [-0.3, -0.25) is 4.79 Å². The molecule has 0 spiro atoms. The Morgan fingerprint density at radius 1 is 1.33 bits per heavy atom. The lowest BCUT2D eigenvalue weighted by atomic mass is 10.1. The zero-order valence-electron chi connectivity index (χ0n) is 11.8. The number of nitrogens with zero attached hydrogens (tertiary/aromatic N) is 1. The number of halogens is 2. The first-order valence-corrected chi connectivity index (χ1v) is 8.42. The number of carbonyl (C=O) groups excluding carboxylic acids is 1. The fourth-order valence-corrected chi connectivity index (χ4v) is 3.31. The maximum atomic E-state index is 12.8. The number of thiophene rings is 1. The van der Waals surface area contributed by atoms with Crippen LogP contribution in [-0.2, 0) is 6.54 Å². The number of benzene rings is 1. The Morgan fingerprint density at radius 2 is 2.05 bits per heavy atom. The van der Waals surface area contributed by atoms with Crippen molar-refractivity contribution in [1.29, 1.82) is 0 Å². The first-order valence-electron chi connectivity index (χ1n) is 6.75. The molecule has 2 aromatic rings. The molecule has 0 fully saturated rings. The van der Waals surface area contributed by atoms with Gasteiger partial charge in [-0.1, -0.05) is 0 Å². The summed E-state index contributed by atoms with van der Waals surface area (Å²) in [5.41, 5.74) is 1.86. The van der Waals surface area contributed by atoms with Crippen molar-refractivity contribution in [3.63, 3.8) is 0 Å². The van der Waals surface area contributed by atoms with Crippen molar-refractivity contribution in [2.24, 2.45) is 0 Å². The van der Waals surface area contributed by atoms with Gasteiger partial charge in [0.15, 0.2) is 5.78 Å². The van der Waals surface area contributed by atoms with E-state index in [0.29, 0.717) is 12.0 Å². The van der Waals surface area contributed by atoms with Gasteiger partial charge in [0.1, 0.15) is 5.82 Å². The normalized spacial score (nSPS) is 11.0. The van der Waals surface area contributed by atoms with Crippen LogP contribution in [0.15, 0.2) is 39.5 Å². The summed E-state index contributed by atoms with van der Waals surface area (Å²) in [7, 11) is 2.05. The summed E-state index contributed by atoms with van der Waals surface area (Å²) in [5, 5.41) is 2.13. The van der Waals surface area contributed by atoms with Crippen LogP contribution in [0.3, 0.4) is 0 Å². The van der Waals surface area contributed by atoms with Crippen molar-refractivity contribution in [2.75, 3.05) is 13.6 Å². The van der Waals surface area contributed by atoms with E-state index in [1.54, 1.807) is 23.5 Å². The van der Waals surface area contributed by atoms with E-state index >= 15 is 0 Å². The molecule has 0 atom stereocenters. The Labute approximate surface area is 136 Å². The third kappa shape index (κ3) is 5.34. The van der Waals surface area contributed by atoms with Gasteiger partial charge in [0.25, 0.3) is 0 Å². The van der Waals surface area contributed by atoms with Crippen molar-refractivity contribution < 1.29 is 9.18 Å². The molecule has 0 unspecified atom stereocenters. The van der Waals surface area contributed by atoms with Gasteiger partial charge in [-0.05, 0) is 77.2 Å². The summed E-state index contributed by atoms with van der Waals surface area (Å²) in [6, 6.07) is 7.86. The van der Waals surface area contributed by atoms with Crippen molar-refractivity contribution >= 4 is 33.0 Å². The monoisotopic (exact) mass is 369 g/mol. The number of hydrogen-bond donors (Lipinski definition) is 0. The molecule has 1 heterocycles. The number of carbonyl (C=O) groups is 1. The highest BCUT2D eigenvalue weighted by atomic mass is 79.9. The second-order valence-electron chi connectivity index (χ2n) is 5.03. The molecule has 1 aromatic carbocycles. The molecule has 21 heavy (non-hydrogen) atoms. The van der Waals surface area contributed by atoms with Gasteiger partial charge in [0.2, 0.25) is 0 Å². The molecular weight excluding hydrogens is 353 g/mol. The van der Waals surface area contributed by atoms with Gasteiger partial charge in [0.05, 0.1) is 3.79 Å². The maximum absolute atomic E-state index is 12.8. The minimum Gasteiger partial charge on any atom is -0.302 e. The highest BCUT2D eigenvalue weighted by molar-refractivity contribution is 9.11. The summed E-state index contributed by atoms with van der Waals surface area (Å²) in [6.45, 7) is 1.74. The minimum atomic E-state index is -0.312. The molecule has 0 aliphatic heterocycles. The molecule has 0 aliphatic rings. The van der Waals surface area contributed by atoms with Crippen LogP contribution >= 0.6 is 27.3 Å². The van der Waals surface area contributed by atoms with Crippen LogP contribution in [0.2, 0.25) is 0 Å². The summed E-state index contributed by atoms with van der Waals surface area (Å²) in [5.74, 6) is -0.241. The number of ketones is 1. The van der Waals surface area contributed by atoms with Crippen molar-refractivity contribution in [3.05, 3.63) is 56.4 Å². The molecule has 0 amide bonds. The summed E-state index contributed by atoms with van der Waals surface area (Å²) in [4.78, 5) is 14.2. The predicted octanol–water partition coefficient (Wildman–Crippen LogP) is 4.74. The van der Waals surface area contributed by atoms with Crippen LogP contribution < -0.4 is 0 Å². The fourth-order valence-electron chi connectivity index (χ4n) is 2.11. The predicted molar refractivity (Wildman–Crippen MR) is 88.3 cm³/mol. The minimum absolute atomic E-state index is 0.0710. The van der Waals surface area contributed by atoms with E-state index in [1.165, 1.54) is 17.7 Å². The molecule has 0 N–H and O–H groups in total. The van der Waals surface area contributed by atoms with Crippen LogP contribution in [-0.4, -0.2) is 24.3 Å². The maximum Gasteiger partial charge on any atom is 0.162 e. The van der Waals surface area contributed by atoms with Crippen LogP contribution in [0.1, 0.15) is 28.8 Å². The van der Waals surface area contributed by atoms with Crippen molar-refractivity contribution in [3.8, 4) is 0 Å². The zero-order valence-corrected chi connectivity index (χ0v) is 14.2. The lowest BCUT2D eigenvalue weighted by Crippen LogP contribution is -2.19. The van der Waals surface area contributed by atoms with E-state index in [-0.39, 0.29) is 11.6 Å². The molecule has 0 aliphatic carbocycles. The van der Waals surface area contributed by atoms with Gasteiger partial charge in [-0.15, -0.1) is 11.3 Å². The smallest absolute Gasteiger partial charge is 0.162 e. The van der Waals surface area contributed by atoms with Gasteiger partial charge >= 0.3 is 0 Å². The van der Waals surface area contributed by atoms with Crippen molar-refractivity contribution in [2.45, 2.75) is 19.4 Å². The second kappa shape index (κ2) is 7.82. The Hall–Kier alpha value is -1.04. The molecule has 1 aromatic heterocycles. The van der Waals surface area contributed by atoms with Crippen LogP contribution in [0.5, 0.6) is 0 Å². The molecule has 5 heteroatoms. The van der Waals surface area contributed by atoms with Gasteiger partial charge < -0.3 is 4.90 Å². The van der Waals surface area contributed by atoms with Gasteiger partial charge in [-0.2, -0.15) is 0 Å². The van der Waals surface area contributed by atoms with E-state index in [2.05, 4.69) is 32.3 Å².